The van der Waals surface area contributed by atoms with Gasteiger partial charge in [0.05, 0.1) is 11.4 Å². The van der Waals surface area contributed by atoms with Gasteiger partial charge in [-0.2, -0.15) is 0 Å². The molecular weight excluding hydrogens is 310 g/mol. The minimum Gasteiger partial charge on any atom is -0.384 e. The first kappa shape index (κ1) is 15.4. The summed E-state index contributed by atoms with van der Waals surface area (Å²) < 4.78 is 3.79. The van der Waals surface area contributed by atoms with Crippen molar-refractivity contribution in [2.24, 2.45) is 0 Å². The zero-order valence-corrected chi connectivity index (χ0v) is 12.8. The number of hydrogen-bond donors (Lipinski definition) is 2. The first-order valence-electron chi connectivity index (χ1n) is 6.17. The molecular formula is C14H12ClN3O2S. The highest BCUT2D eigenvalue weighted by atomic mass is 35.5. The van der Waals surface area contributed by atoms with Gasteiger partial charge in [0.15, 0.2) is 0 Å². The summed E-state index contributed by atoms with van der Waals surface area (Å²) in [6.45, 7) is 1.65. The molecule has 0 bridgehead atoms. The van der Waals surface area contributed by atoms with E-state index in [2.05, 4.69) is 26.7 Å². The minimum atomic E-state index is -0.295. The van der Waals surface area contributed by atoms with Gasteiger partial charge in [0.2, 0.25) is 0 Å². The van der Waals surface area contributed by atoms with Crippen LogP contribution in [-0.4, -0.2) is 27.2 Å². The molecule has 1 heterocycles. The number of aliphatic hydroxyl groups excluding tert-OH is 1. The maximum Gasteiger partial charge on any atom is 0.269 e. The number of carbonyl (C=O) groups is 1. The highest BCUT2D eigenvalue weighted by molar-refractivity contribution is 7.08. The minimum absolute atomic E-state index is 0.255. The van der Waals surface area contributed by atoms with E-state index in [1.54, 1.807) is 18.2 Å². The van der Waals surface area contributed by atoms with E-state index in [0.717, 1.165) is 11.5 Å². The number of rotatable bonds is 3. The average Bonchev–Trinajstić information content (AvgIpc) is 2.95. The number of carbonyl (C=O) groups excluding carboxylic acids is 1. The summed E-state index contributed by atoms with van der Waals surface area (Å²) in [7, 11) is 0. The zero-order chi connectivity index (χ0) is 15.2. The summed E-state index contributed by atoms with van der Waals surface area (Å²) in [5, 5.41) is 15.9. The third-order valence-electron chi connectivity index (χ3n) is 2.63. The number of aryl methyl sites for hydroxylation is 1. The van der Waals surface area contributed by atoms with Gasteiger partial charge < -0.3 is 10.4 Å². The lowest BCUT2D eigenvalue weighted by Gasteiger charge is -2.07. The summed E-state index contributed by atoms with van der Waals surface area (Å²) >= 11 is 6.99. The second kappa shape index (κ2) is 7.18. The molecule has 0 saturated carbocycles. The molecule has 0 atom stereocenters. The standard InChI is InChI=1S/C14H12ClN3O2S/c1-2-11-13(21-18-17-11)14(20)16-12-8-10(15)6-5-9(12)4-3-7-19/h5-6,8,19H,2,7H2,1H3,(H,16,20). The molecule has 5 nitrogen and oxygen atoms in total. The molecule has 1 amide bonds. The van der Waals surface area contributed by atoms with Crippen molar-refractivity contribution in [2.45, 2.75) is 13.3 Å². The number of amides is 1. The topological polar surface area (TPSA) is 75.1 Å². The maximum absolute atomic E-state index is 12.3. The molecule has 0 spiro atoms. The Morgan fingerprint density at radius 2 is 2.33 bits per heavy atom. The predicted octanol–water partition coefficient (Wildman–Crippen LogP) is 2.35. The molecule has 1 aromatic carbocycles. The van der Waals surface area contributed by atoms with Gasteiger partial charge in [-0.3, -0.25) is 4.79 Å². The fourth-order valence-corrected chi connectivity index (χ4v) is 2.47. The van der Waals surface area contributed by atoms with Gasteiger partial charge in [-0.1, -0.05) is 34.9 Å². The first-order chi connectivity index (χ1) is 10.2. The van der Waals surface area contributed by atoms with Gasteiger partial charge in [-0.15, -0.1) is 5.10 Å². The summed E-state index contributed by atoms with van der Waals surface area (Å²) in [5.41, 5.74) is 1.73. The van der Waals surface area contributed by atoms with Gasteiger partial charge in [-0.25, -0.2) is 0 Å². The highest BCUT2D eigenvalue weighted by Crippen LogP contribution is 2.22. The van der Waals surface area contributed by atoms with Crippen molar-refractivity contribution in [3.8, 4) is 11.8 Å². The van der Waals surface area contributed by atoms with Gasteiger partial charge in [-0.05, 0) is 36.2 Å². The summed E-state index contributed by atoms with van der Waals surface area (Å²) in [5.74, 6) is 5.02. The monoisotopic (exact) mass is 321 g/mol. The molecule has 7 heteroatoms. The van der Waals surface area contributed by atoms with E-state index in [0.29, 0.717) is 33.3 Å². The first-order valence-corrected chi connectivity index (χ1v) is 7.32. The van der Waals surface area contributed by atoms with Gasteiger partial charge in [0, 0.05) is 10.6 Å². The Kier molecular flexibility index (Phi) is 5.28. The Morgan fingerprint density at radius 1 is 1.52 bits per heavy atom. The number of benzene rings is 1. The molecule has 0 radical (unpaired) electrons. The van der Waals surface area contributed by atoms with Crippen LogP contribution in [0.2, 0.25) is 5.02 Å². The van der Waals surface area contributed by atoms with Crippen LogP contribution in [0.1, 0.15) is 27.9 Å². The number of aliphatic hydroxyl groups is 1. The van der Waals surface area contributed by atoms with Crippen LogP contribution in [-0.2, 0) is 6.42 Å². The molecule has 0 aliphatic carbocycles. The van der Waals surface area contributed by atoms with Crippen molar-refractivity contribution in [2.75, 3.05) is 11.9 Å². The fraction of sp³-hybridized carbons (Fsp3) is 0.214. The van der Waals surface area contributed by atoms with E-state index in [9.17, 15) is 4.79 Å². The lowest BCUT2D eigenvalue weighted by molar-refractivity contribution is 0.102. The Bertz CT molecular complexity index is 718. The molecule has 0 fully saturated rings. The predicted molar refractivity (Wildman–Crippen MR) is 82.7 cm³/mol. The van der Waals surface area contributed by atoms with Crippen LogP contribution in [0.15, 0.2) is 18.2 Å². The molecule has 0 saturated heterocycles. The Labute approximate surface area is 131 Å². The lowest BCUT2D eigenvalue weighted by Crippen LogP contribution is -2.13. The summed E-state index contributed by atoms with van der Waals surface area (Å²) in [4.78, 5) is 12.7. The van der Waals surface area contributed by atoms with Crippen LogP contribution in [0.3, 0.4) is 0 Å². The second-order valence-corrected chi connectivity index (χ2v) is 5.20. The third-order valence-corrected chi connectivity index (χ3v) is 3.63. The Hall–Kier alpha value is -1.94. The molecule has 2 N–H and O–H groups in total. The molecule has 2 aromatic rings. The smallest absolute Gasteiger partial charge is 0.269 e. The molecule has 0 aliphatic heterocycles. The molecule has 108 valence electrons. The van der Waals surface area contributed by atoms with E-state index in [-0.39, 0.29) is 12.5 Å². The van der Waals surface area contributed by atoms with E-state index < -0.39 is 0 Å². The molecule has 0 aliphatic rings. The molecule has 0 unspecified atom stereocenters. The van der Waals surface area contributed by atoms with Gasteiger partial charge >= 0.3 is 0 Å². The molecule has 2 rings (SSSR count). The quantitative estimate of drug-likeness (QED) is 0.851. The van der Waals surface area contributed by atoms with Gasteiger partial charge in [0.1, 0.15) is 11.5 Å². The third kappa shape index (κ3) is 3.79. The SMILES string of the molecule is CCc1nnsc1C(=O)Nc1cc(Cl)ccc1C#CCO. The van der Waals surface area contributed by atoms with Crippen LogP contribution in [0.5, 0.6) is 0 Å². The Balaban J connectivity index is 2.30. The van der Waals surface area contributed by atoms with E-state index >= 15 is 0 Å². The second-order valence-electron chi connectivity index (χ2n) is 4.01. The summed E-state index contributed by atoms with van der Waals surface area (Å²) in [6.07, 6.45) is 0.631. The van der Waals surface area contributed by atoms with Crippen molar-refractivity contribution in [3.63, 3.8) is 0 Å². The zero-order valence-electron chi connectivity index (χ0n) is 11.2. The van der Waals surface area contributed by atoms with Crippen molar-refractivity contribution in [3.05, 3.63) is 39.4 Å². The number of nitrogens with one attached hydrogen (secondary N) is 1. The van der Waals surface area contributed by atoms with Crippen LogP contribution >= 0.6 is 23.1 Å². The van der Waals surface area contributed by atoms with Crippen LogP contribution in [0.4, 0.5) is 5.69 Å². The van der Waals surface area contributed by atoms with Crippen molar-refractivity contribution >= 4 is 34.7 Å². The average molecular weight is 322 g/mol. The van der Waals surface area contributed by atoms with Crippen LogP contribution in [0, 0.1) is 11.8 Å². The number of nitrogens with zero attached hydrogens (tertiary/aromatic N) is 2. The normalized spacial score (nSPS) is 9.86. The number of anilines is 1. The maximum atomic E-state index is 12.3. The number of aromatic nitrogens is 2. The number of halogens is 1. The van der Waals surface area contributed by atoms with Gasteiger partial charge in [0.25, 0.3) is 5.91 Å². The Morgan fingerprint density at radius 3 is 3.05 bits per heavy atom. The van der Waals surface area contributed by atoms with Crippen molar-refractivity contribution in [1.29, 1.82) is 0 Å². The number of hydrogen-bond acceptors (Lipinski definition) is 5. The van der Waals surface area contributed by atoms with E-state index in [1.165, 1.54) is 0 Å². The van der Waals surface area contributed by atoms with Crippen molar-refractivity contribution in [1.82, 2.24) is 9.59 Å². The van der Waals surface area contributed by atoms with E-state index in [4.69, 9.17) is 16.7 Å². The lowest BCUT2D eigenvalue weighted by atomic mass is 10.1. The fourth-order valence-electron chi connectivity index (χ4n) is 1.66. The highest BCUT2D eigenvalue weighted by Gasteiger charge is 2.16. The largest absolute Gasteiger partial charge is 0.384 e. The van der Waals surface area contributed by atoms with E-state index in [1.807, 2.05) is 6.92 Å². The molecule has 21 heavy (non-hydrogen) atoms. The summed E-state index contributed by atoms with van der Waals surface area (Å²) in [6, 6.07) is 4.97. The molecule has 1 aromatic heterocycles. The van der Waals surface area contributed by atoms with Crippen molar-refractivity contribution < 1.29 is 9.90 Å². The van der Waals surface area contributed by atoms with Crippen LogP contribution < -0.4 is 5.32 Å². The van der Waals surface area contributed by atoms with Crippen LogP contribution in [0.25, 0.3) is 0 Å².